The highest BCUT2D eigenvalue weighted by atomic mass is 35.5. The second-order valence-corrected chi connectivity index (χ2v) is 8.26. The molecule has 0 saturated heterocycles. The lowest BCUT2D eigenvalue weighted by molar-refractivity contribution is 0.559. The van der Waals surface area contributed by atoms with Crippen LogP contribution in [0, 0.1) is 0 Å². The Balaban J connectivity index is 2.82. The van der Waals surface area contributed by atoms with Crippen LogP contribution in [0.1, 0.15) is 27.2 Å². The molecule has 1 aromatic rings. The van der Waals surface area contributed by atoms with E-state index in [-0.39, 0.29) is 6.54 Å². The molecule has 1 rings (SSSR count). The van der Waals surface area contributed by atoms with E-state index in [1.54, 1.807) is 13.8 Å². The summed E-state index contributed by atoms with van der Waals surface area (Å²) in [6, 6.07) is 0. The second-order valence-electron chi connectivity index (χ2n) is 5.20. The molecule has 0 saturated carbocycles. The predicted molar refractivity (Wildman–Crippen MR) is 83.2 cm³/mol. The number of hydrogen-bond acceptors (Lipinski definition) is 6. The number of rotatable bonds is 7. The van der Waals surface area contributed by atoms with Crippen LogP contribution >= 0.6 is 11.6 Å². The van der Waals surface area contributed by atoms with E-state index in [1.807, 2.05) is 6.92 Å². The topological polar surface area (TPSA) is 84.0 Å². The Kier molecular flexibility index (Phi) is 5.59. The number of hydrogen-bond donors (Lipinski definition) is 2. The molecule has 1 aromatic heterocycles. The fourth-order valence-corrected chi connectivity index (χ4v) is 1.73. The Labute approximate surface area is 125 Å². The molecule has 0 aliphatic rings. The van der Waals surface area contributed by atoms with Gasteiger partial charge in [-0.2, -0.15) is 4.98 Å². The lowest BCUT2D eigenvalue weighted by Crippen LogP contribution is -2.38. The van der Waals surface area contributed by atoms with Gasteiger partial charge in [0.25, 0.3) is 0 Å². The molecule has 8 heteroatoms. The van der Waals surface area contributed by atoms with Gasteiger partial charge >= 0.3 is 0 Å². The summed E-state index contributed by atoms with van der Waals surface area (Å²) >= 11 is 6.01. The van der Waals surface area contributed by atoms with Crippen LogP contribution in [0.5, 0.6) is 0 Å². The van der Waals surface area contributed by atoms with Gasteiger partial charge in [-0.15, -0.1) is 0 Å². The maximum atomic E-state index is 11.6. The number of nitrogens with one attached hydrogen (secondary N) is 2. The fourth-order valence-electron chi connectivity index (χ4n) is 1.24. The minimum absolute atomic E-state index is 0.218. The van der Waals surface area contributed by atoms with E-state index in [0.717, 1.165) is 13.0 Å². The van der Waals surface area contributed by atoms with Gasteiger partial charge in [0.15, 0.2) is 15.7 Å². The largest absolute Gasteiger partial charge is 0.367 e. The first kappa shape index (κ1) is 17.0. The molecule has 0 aliphatic heterocycles. The summed E-state index contributed by atoms with van der Waals surface area (Å²) in [7, 11) is -3.17. The number of halogens is 1. The van der Waals surface area contributed by atoms with Gasteiger partial charge in [0.05, 0.1) is 10.9 Å². The van der Waals surface area contributed by atoms with Gasteiger partial charge in [0.1, 0.15) is 5.02 Å². The minimum Gasteiger partial charge on any atom is -0.367 e. The third-order valence-corrected chi connectivity index (χ3v) is 5.39. The normalized spacial score (nSPS) is 12.2. The quantitative estimate of drug-likeness (QED) is 0.801. The summed E-state index contributed by atoms with van der Waals surface area (Å²) in [6.45, 7) is 6.32. The van der Waals surface area contributed by atoms with Crippen molar-refractivity contribution in [2.45, 2.75) is 31.9 Å². The summed E-state index contributed by atoms with van der Waals surface area (Å²) < 4.78 is 22.4. The van der Waals surface area contributed by atoms with E-state index in [1.165, 1.54) is 12.5 Å². The Morgan fingerprint density at radius 1 is 1.35 bits per heavy atom. The molecule has 1 heterocycles. The van der Waals surface area contributed by atoms with Crippen LogP contribution in [-0.2, 0) is 9.84 Å². The van der Waals surface area contributed by atoms with Crippen molar-refractivity contribution < 1.29 is 8.42 Å². The number of aromatic nitrogens is 2. The van der Waals surface area contributed by atoms with Crippen molar-refractivity contribution in [3.8, 4) is 0 Å². The maximum Gasteiger partial charge on any atom is 0.224 e. The third kappa shape index (κ3) is 4.49. The standard InChI is InChI=1S/C12H21ClN4O2S/c1-5-6-14-11-15-7-9(13)10(17-11)16-8-12(2,3)20(4,18)19/h7H,5-6,8H2,1-4H3,(H2,14,15,16,17). The molecule has 6 nitrogen and oxygen atoms in total. The molecule has 0 unspecified atom stereocenters. The van der Waals surface area contributed by atoms with Crippen LogP contribution in [0.15, 0.2) is 6.20 Å². The molecular formula is C12H21ClN4O2S. The van der Waals surface area contributed by atoms with Gasteiger partial charge in [-0.3, -0.25) is 0 Å². The van der Waals surface area contributed by atoms with Gasteiger partial charge in [-0.05, 0) is 20.3 Å². The summed E-state index contributed by atoms with van der Waals surface area (Å²) in [6.07, 6.45) is 3.66. The van der Waals surface area contributed by atoms with Gasteiger partial charge in [-0.1, -0.05) is 18.5 Å². The van der Waals surface area contributed by atoms with Gasteiger partial charge in [-0.25, -0.2) is 13.4 Å². The molecule has 2 N–H and O–H groups in total. The molecule has 0 spiro atoms. The molecule has 0 bridgehead atoms. The second kappa shape index (κ2) is 6.58. The summed E-state index contributed by atoms with van der Waals surface area (Å²) in [5.41, 5.74) is 0. The van der Waals surface area contributed by atoms with Crippen molar-refractivity contribution in [1.82, 2.24) is 9.97 Å². The molecule has 0 radical (unpaired) electrons. The highest BCUT2D eigenvalue weighted by Gasteiger charge is 2.30. The van der Waals surface area contributed by atoms with Crippen LogP contribution in [0.2, 0.25) is 5.02 Å². The number of anilines is 2. The molecule has 114 valence electrons. The number of sulfone groups is 1. The molecule has 0 amide bonds. The Hall–Kier alpha value is -1.08. The minimum atomic E-state index is -3.17. The molecule has 0 fully saturated rings. The van der Waals surface area contributed by atoms with E-state index in [9.17, 15) is 8.42 Å². The van der Waals surface area contributed by atoms with Crippen LogP contribution in [0.25, 0.3) is 0 Å². The van der Waals surface area contributed by atoms with Crippen molar-refractivity contribution in [3.63, 3.8) is 0 Å². The summed E-state index contributed by atoms with van der Waals surface area (Å²) in [5.74, 6) is 0.896. The SMILES string of the molecule is CCCNc1ncc(Cl)c(NCC(C)(C)S(C)(=O)=O)n1. The van der Waals surface area contributed by atoms with Crippen molar-refractivity contribution in [3.05, 3.63) is 11.2 Å². The van der Waals surface area contributed by atoms with E-state index in [0.29, 0.717) is 16.8 Å². The average molecular weight is 321 g/mol. The fraction of sp³-hybridized carbons (Fsp3) is 0.667. The smallest absolute Gasteiger partial charge is 0.224 e. The lowest BCUT2D eigenvalue weighted by atomic mass is 10.2. The lowest BCUT2D eigenvalue weighted by Gasteiger charge is -2.23. The van der Waals surface area contributed by atoms with Crippen LogP contribution in [0.3, 0.4) is 0 Å². The monoisotopic (exact) mass is 320 g/mol. The maximum absolute atomic E-state index is 11.6. The zero-order valence-electron chi connectivity index (χ0n) is 12.2. The van der Waals surface area contributed by atoms with Gasteiger partial charge in [0.2, 0.25) is 5.95 Å². The van der Waals surface area contributed by atoms with Gasteiger partial charge in [0, 0.05) is 19.3 Å². The zero-order chi connectivity index (χ0) is 15.4. The van der Waals surface area contributed by atoms with Crippen LogP contribution in [-0.4, -0.2) is 42.5 Å². The van der Waals surface area contributed by atoms with Crippen molar-refractivity contribution in [2.75, 3.05) is 30.0 Å². The number of nitrogens with zero attached hydrogens (tertiary/aromatic N) is 2. The Bertz CT molecular complexity index is 561. The van der Waals surface area contributed by atoms with Crippen LogP contribution in [0.4, 0.5) is 11.8 Å². The van der Waals surface area contributed by atoms with E-state index >= 15 is 0 Å². The highest BCUT2D eigenvalue weighted by molar-refractivity contribution is 7.92. The molecule has 0 atom stereocenters. The first-order valence-electron chi connectivity index (χ1n) is 6.37. The summed E-state index contributed by atoms with van der Waals surface area (Å²) in [5, 5.41) is 6.38. The van der Waals surface area contributed by atoms with Crippen molar-refractivity contribution in [2.24, 2.45) is 0 Å². The third-order valence-electron chi connectivity index (χ3n) is 2.96. The van der Waals surface area contributed by atoms with Crippen LogP contribution < -0.4 is 10.6 Å². The Morgan fingerprint density at radius 3 is 2.55 bits per heavy atom. The molecule has 0 aromatic carbocycles. The first-order valence-corrected chi connectivity index (χ1v) is 8.64. The van der Waals surface area contributed by atoms with Crippen molar-refractivity contribution >= 4 is 33.2 Å². The highest BCUT2D eigenvalue weighted by Crippen LogP contribution is 2.22. The molecule has 0 aliphatic carbocycles. The van der Waals surface area contributed by atoms with E-state index in [2.05, 4.69) is 20.6 Å². The summed E-state index contributed by atoms with van der Waals surface area (Å²) in [4.78, 5) is 8.29. The van der Waals surface area contributed by atoms with Gasteiger partial charge < -0.3 is 10.6 Å². The van der Waals surface area contributed by atoms with E-state index < -0.39 is 14.6 Å². The molecular weight excluding hydrogens is 300 g/mol. The first-order chi connectivity index (χ1) is 9.17. The average Bonchev–Trinajstić information content (AvgIpc) is 2.35. The predicted octanol–water partition coefficient (Wildman–Crippen LogP) is 2.19. The van der Waals surface area contributed by atoms with E-state index in [4.69, 9.17) is 11.6 Å². The molecule has 20 heavy (non-hydrogen) atoms. The van der Waals surface area contributed by atoms with Crippen molar-refractivity contribution in [1.29, 1.82) is 0 Å². The zero-order valence-corrected chi connectivity index (χ0v) is 13.8. The Morgan fingerprint density at radius 2 is 2.00 bits per heavy atom.